The molecular formula is C18H36N2O. The first-order valence-electron chi connectivity index (χ1n) is 9.25. The lowest BCUT2D eigenvalue weighted by Gasteiger charge is -2.44. The van der Waals surface area contributed by atoms with E-state index >= 15 is 0 Å². The Labute approximate surface area is 131 Å². The van der Waals surface area contributed by atoms with Gasteiger partial charge in [0.15, 0.2) is 0 Å². The van der Waals surface area contributed by atoms with E-state index in [0.717, 1.165) is 31.6 Å². The molecule has 0 saturated heterocycles. The molecular weight excluding hydrogens is 260 g/mol. The lowest BCUT2D eigenvalue weighted by Crippen LogP contribution is -2.49. The van der Waals surface area contributed by atoms with Crippen molar-refractivity contribution in [3.63, 3.8) is 0 Å². The minimum absolute atomic E-state index is 0.310. The Morgan fingerprint density at radius 3 is 2.38 bits per heavy atom. The van der Waals surface area contributed by atoms with Crippen molar-refractivity contribution in [2.75, 3.05) is 32.8 Å². The van der Waals surface area contributed by atoms with Gasteiger partial charge in [-0.25, -0.2) is 0 Å². The van der Waals surface area contributed by atoms with E-state index in [1.807, 2.05) is 0 Å². The highest BCUT2D eigenvalue weighted by Crippen LogP contribution is 2.40. The number of rotatable bonds is 8. The number of aliphatic hydroxyl groups is 1. The molecule has 124 valence electrons. The first-order valence-corrected chi connectivity index (χ1v) is 9.25. The zero-order valence-corrected chi connectivity index (χ0v) is 14.2. The van der Waals surface area contributed by atoms with E-state index in [0.29, 0.717) is 12.0 Å². The molecule has 0 unspecified atom stereocenters. The summed E-state index contributed by atoms with van der Waals surface area (Å²) in [4.78, 5) is 2.63. The van der Waals surface area contributed by atoms with Crippen LogP contribution in [0.2, 0.25) is 0 Å². The van der Waals surface area contributed by atoms with Gasteiger partial charge >= 0.3 is 0 Å². The van der Waals surface area contributed by atoms with E-state index in [-0.39, 0.29) is 0 Å². The average molecular weight is 296 g/mol. The fourth-order valence-corrected chi connectivity index (χ4v) is 4.37. The van der Waals surface area contributed by atoms with Crippen LogP contribution in [0.15, 0.2) is 0 Å². The third-order valence-electron chi connectivity index (χ3n) is 5.85. The molecule has 2 rings (SSSR count). The van der Waals surface area contributed by atoms with Gasteiger partial charge in [0.2, 0.25) is 0 Å². The van der Waals surface area contributed by atoms with Crippen molar-refractivity contribution in [3.8, 4) is 0 Å². The SMILES string of the molecule is CCNCC1(CN(CCO)C2CCCC2)CCC(C)CC1. The first-order chi connectivity index (χ1) is 10.2. The van der Waals surface area contributed by atoms with Crippen LogP contribution in [0.3, 0.4) is 0 Å². The van der Waals surface area contributed by atoms with E-state index in [1.165, 1.54) is 57.9 Å². The number of aliphatic hydroxyl groups excluding tert-OH is 1. The van der Waals surface area contributed by atoms with Crippen molar-refractivity contribution in [1.29, 1.82) is 0 Å². The van der Waals surface area contributed by atoms with Crippen LogP contribution in [0, 0.1) is 11.3 Å². The van der Waals surface area contributed by atoms with Gasteiger partial charge in [0.05, 0.1) is 6.61 Å². The quantitative estimate of drug-likeness (QED) is 0.723. The monoisotopic (exact) mass is 296 g/mol. The highest BCUT2D eigenvalue weighted by atomic mass is 16.3. The molecule has 2 saturated carbocycles. The molecule has 0 amide bonds. The molecule has 0 aliphatic heterocycles. The molecule has 3 heteroatoms. The van der Waals surface area contributed by atoms with Crippen LogP contribution in [0.5, 0.6) is 0 Å². The van der Waals surface area contributed by atoms with Crippen LogP contribution in [-0.4, -0.2) is 48.8 Å². The van der Waals surface area contributed by atoms with Crippen LogP contribution in [-0.2, 0) is 0 Å². The summed E-state index contributed by atoms with van der Waals surface area (Å²) < 4.78 is 0. The lowest BCUT2D eigenvalue weighted by atomic mass is 9.70. The van der Waals surface area contributed by atoms with Gasteiger partial charge in [0.1, 0.15) is 0 Å². The van der Waals surface area contributed by atoms with Gasteiger partial charge in [-0.2, -0.15) is 0 Å². The van der Waals surface area contributed by atoms with Crippen LogP contribution in [0.1, 0.15) is 65.2 Å². The van der Waals surface area contributed by atoms with Gasteiger partial charge in [-0.05, 0) is 43.6 Å². The van der Waals surface area contributed by atoms with E-state index < -0.39 is 0 Å². The molecule has 2 fully saturated rings. The fraction of sp³-hybridized carbons (Fsp3) is 1.00. The van der Waals surface area contributed by atoms with Crippen molar-refractivity contribution in [2.24, 2.45) is 11.3 Å². The van der Waals surface area contributed by atoms with Gasteiger partial charge in [-0.3, -0.25) is 4.90 Å². The molecule has 0 radical (unpaired) electrons. The maximum Gasteiger partial charge on any atom is 0.0558 e. The summed E-state index contributed by atoms with van der Waals surface area (Å²) in [5.41, 5.74) is 0.445. The van der Waals surface area contributed by atoms with Gasteiger partial charge < -0.3 is 10.4 Å². The molecule has 0 heterocycles. The molecule has 2 N–H and O–H groups in total. The van der Waals surface area contributed by atoms with Crippen molar-refractivity contribution >= 4 is 0 Å². The smallest absolute Gasteiger partial charge is 0.0558 e. The Kier molecular flexibility index (Phi) is 6.97. The molecule has 0 aromatic carbocycles. The zero-order chi connectivity index (χ0) is 15.1. The van der Waals surface area contributed by atoms with E-state index in [2.05, 4.69) is 24.1 Å². The largest absolute Gasteiger partial charge is 0.395 e. The van der Waals surface area contributed by atoms with Crippen LogP contribution in [0.25, 0.3) is 0 Å². The fourth-order valence-electron chi connectivity index (χ4n) is 4.37. The second-order valence-electron chi connectivity index (χ2n) is 7.60. The molecule has 21 heavy (non-hydrogen) atoms. The van der Waals surface area contributed by atoms with Gasteiger partial charge in [-0.15, -0.1) is 0 Å². The molecule has 0 aromatic rings. The summed E-state index contributed by atoms with van der Waals surface area (Å²) in [6, 6.07) is 0.731. The molecule has 2 aliphatic carbocycles. The normalized spacial score (nSPS) is 31.1. The maximum atomic E-state index is 9.47. The summed E-state index contributed by atoms with van der Waals surface area (Å²) in [5, 5.41) is 13.1. The number of hydrogen-bond donors (Lipinski definition) is 2. The second-order valence-corrected chi connectivity index (χ2v) is 7.60. The number of hydrogen-bond acceptors (Lipinski definition) is 3. The van der Waals surface area contributed by atoms with Crippen LogP contribution in [0.4, 0.5) is 0 Å². The van der Waals surface area contributed by atoms with Crippen molar-refractivity contribution in [3.05, 3.63) is 0 Å². The molecule has 3 nitrogen and oxygen atoms in total. The Morgan fingerprint density at radius 2 is 1.81 bits per heavy atom. The third-order valence-corrected chi connectivity index (χ3v) is 5.85. The highest BCUT2D eigenvalue weighted by Gasteiger charge is 2.37. The predicted octanol–water partition coefficient (Wildman–Crippen LogP) is 3.03. The standard InChI is InChI=1S/C18H36N2O/c1-3-19-14-18(10-8-16(2)9-11-18)15-20(12-13-21)17-6-4-5-7-17/h16-17,19,21H,3-15H2,1-2H3. The minimum atomic E-state index is 0.310. The van der Waals surface area contributed by atoms with E-state index in [9.17, 15) is 5.11 Å². The van der Waals surface area contributed by atoms with Crippen molar-refractivity contribution in [1.82, 2.24) is 10.2 Å². The second kappa shape index (κ2) is 8.50. The van der Waals surface area contributed by atoms with E-state index in [1.54, 1.807) is 0 Å². The predicted molar refractivity (Wildman–Crippen MR) is 89.5 cm³/mol. The summed E-state index contributed by atoms with van der Waals surface area (Å²) in [6.45, 7) is 9.21. The van der Waals surface area contributed by atoms with Crippen LogP contribution >= 0.6 is 0 Å². The molecule has 0 spiro atoms. The Balaban J connectivity index is 2.00. The third kappa shape index (κ3) is 4.94. The first kappa shape index (κ1) is 17.2. The summed E-state index contributed by atoms with van der Waals surface area (Å²) in [5.74, 6) is 0.900. The van der Waals surface area contributed by atoms with Crippen LogP contribution < -0.4 is 5.32 Å². The van der Waals surface area contributed by atoms with E-state index in [4.69, 9.17) is 0 Å². The van der Waals surface area contributed by atoms with Gasteiger partial charge in [-0.1, -0.05) is 39.5 Å². The molecule has 0 atom stereocenters. The molecule has 2 aliphatic rings. The summed E-state index contributed by atoms with van der Waals surface area (Å²) in [6.07, 6.45) is 10.9. The number of nitrogens with one attached hydrogen (secondary N) is 1. The summed E-state index contributed by atoms with van der Waals surface area (Å²) >= 11 is 0. The lowest BCUT2D eigenvalue weighted by molar-refractivity contribution is 0.0530. The van der Waals surface area contributed by atoms with Gasteiger partial charge in [0.25, 0.3) is 0 Å². The maximum absolute atomic E-state index is 9.47. The minimum Gasteiger partial charge on any atom is -0.395 e. The average Bonchev–Trinajstić information content (AvgIpc) is 3.02. The van der Waals surface area contributed by atoms with Gasteiger partial charge in [0, 0.05) is 25.7 Å². The Hall–Kier alpha value is -0.120. The highest BCUT2D eigenvalue weighted by molar-refractivity contribution is 4.91. The van der Waals surface area contributed by atoms with Crippen molar-refractivity contribution < 1.29 is 5.11 Å². The molecule has 0 aromatic heterocycles. The Bertz CT molecular complexity index is 275. The topological polar surface area (TPSA) is 35.5 Å². The molecule has 0 bridgehead atoms. The van der Waals surface area contributed by atoms with Crippen molar-refractivity contribution in [2.45, 2.75) is 71.3 Å². The zero-order valence-electron chi connectivity index (χ0n) is 14.2. The Morgan fingerprint density at radius 1 is 1.14 bits per heavy atom. The number of nitrogens with zero attached hydrogens (tertiary/aromatic N) is 1. The summed E-state index contributed by atoms with van der Waals surface area (Å²) in [7, 11) is 0.